The molecule has 1 fully saturated rings. The van der Waals surface area contributed by atoms with Gasteiger partial charge in [-0.25, -0.2) is 4.79 Å². The van der Waals surface area contributed by atoms with E-state index in [2.05, 4.69) is 10.1 Å². The molecular weight excluding hydrogens is 178 g/mol. The molecule has 1 saturated heterocycles. The van der Waals surface area contributed by atoms with Crippen molar-refractivity contribution < 1.29 is 14.3 Å². The first-order chi connectivity index (χ1) is 5.83. The van der Waals surface area contributed by atoms with Crippen molar-refractivity contribution in [1.29, 1.82) is 0 Å². The van der Waals surface area contributed by atoms with Gasteiger partial charge in [-0.3, -0.25) is 0 Å². The van der Waals surface area contributed by atoms with Gasteiger partial charge in [0.2, 0.25) is 0 Å². The summed E-state index contributed by atoms with van der Waals surface area (Å²) in [4.78, 5) is 10.8. The van der Waals surface area contributed by atoms with E-state index in [0.717, 1.165) is 12.3 Å². The summed E-state index contributed by atoms with van der Waals surface area (Å²) in [7, 11) is 0. The highest BCUT2D eigenvalue weighted by molar-refractivity contribution is 7.99. The summed E-state index contributed by atoms with van der Waals surface area (Å²) < 4.78 is 9.61. The third-order valence-corrected chi connectivity index (χ3v) is 2.46. The van der Waals surface area contributed by atoms with Crippen molar-refractivity contribution in [2.24, 2.45) is 0 Å². The van der Waals surface area contributed by atoms with E-state index in [-0.39, 0.29) is 5.44 Å². The zero-order valence-electron chi connectivity index (χ0n) is 7.04. The Morgan fingerprint density at radius 2 is 2.58 bits per heavy atom. The molecule has 70 valence electrons. The predicted octanol–water partition coefficient (Wildman–Crippen LogP) is 0.822. The molecule has 1 aliphatic heterocycles. The Balaban J connectivity index is 2.15. The Bertz CT molecular complexity index is 148. The fourth-order valence-electron chi connectivity index (χ4n) is 0.876. The fraction of sp³-hybridized carbons (Fsp3) is 0.857. The summed E-state index contributed by atoms with van der Waals surface area (Å²) in [6.07, 6.45) is -0.571. The van der Waals surface area contributed by atoms with Gasteiger partial charge >= 0.3 is 6.16 Å². The lowest BCUT2D eigenvalue weighted by molar-refractivity contribution is 0.0506. The van der Waals surface area contributed by atoms with Crippen molar-refractivity contribution >= 4 is 17.9 Å². The van der Waals surface area contributed by atoms with E-state index in [4.69, 9.17) is 4.74 Å². The Hall–Kier alpha value is -0.420. The van der Waals surface area contributed by atoms with Crippen molar-refractivity contribution in [2.45, 2.75) is 12.4 Å². The number of carbonyl (C=O) groups is 1. The summed E-state index contributed by atoms with van der Waals surface area (Å²) >= 11 is 1.63. The van der Waals surface area contributed by atoms with Gasteiger partial charge in [-0.15, -0.1) is 11.8 Å². The number of ether oxygens (including phenoxy) is 2. The van der Waals surface area contributed by atoms with E-state index >= 15 is 0 Å². The Labute approximate surface area is 76.0 Å². The van der Waals surface area contributed by atoms with Crippen molar-refractivity contribution in [1.82, 2.24) is 5.32 Å². The van der Waals surface area contributed by atoms with Gasteiger partial charge in [-0.2, -0.15) is 0 Å². The van der Waals surface area contributed by atoms with Crippen molar-refractivity contribution in [3.8, 4) is 0 Å². The smallest absolute Gasteiger partial charge is 0.435 e. The van der Waals surface area contributed by atoms with Gasteiger partial charge in [-0.1, -0.05) is 0 Å². The lowest BCUT2D eigenvalue weighted by atomic mass is 10.6. The normalized spacial score (nSPS) is 23.2. The summed E-state index contributed by atoms with van der Waals surface area (Å²) in [5.74, 6) is 0.976. The largest absolute Gasteiger partial charge is 0.509 e. The van der Waals surface area contributed by atoms with E-state index < -0.39 is 6.16 Å². The van der Waals surface area contributed by atoms with Crippen molar-refractivity contribution in [3.63, 3.8) is 0 Å². The number of thioether (sulfide) groups is 1. The number of rotatable bonds is 2. The van der Waals surface area contributed by atoms with Crippen LogP contribution in [-0.2, 0) is 9.47 Å². The molecule has 0 aromatic heterocycles. The standard InChI is InChI=1S/C7H13NO3S/c1-2-10-7(9)11-6-5-8-3-4-12-6/h6,8H,2-5H2,1H3. The lowest BCUT2D eigenvalue weighted by Gasteiger charge is -2.21. The second-order valence-corrected chi connectivity index (χ2v) is 3.57. The van der Waals surface area contributed by atoms with Crippen LogP contribution in [0.15, 0.2) is 0 Å². The van der Waals surface area contributed by atoms with Gasteiger partial charge in [0.05, 0.1) is 6.61 Å². The van der Waals surface area contributed by atoms with Crippen LogP contribution in [0.2, 0.25) is 0 Å². The van der Waals surface area contributed by atoms with E-state index in [0.29, 0.717) is 13.2 Å². The molecule has 0 aliphatic carbocycles. The van der Waals surface area contributed by atoms with Gasteiger partial charge in [0, 0.05) is 18.8 Å². The third kappa shape index (κ3) is 3.32. The maximum absolute atomic E-state index is 10.8. The minimum atomic E-state index is -0.571. The molecule has 0 bridgehead atoms. The van der Waals surface area contributed by atoms with Crippen LogP contribution in [0.3, 0.4) is 0 Å². The first kappa shape index (κ1) is 9.67. The molecule has 12 heavy (non-hydrogen) atoms. The number of carbonyl (C=O) groups excluding carboxylic acids is 1. The van der Waals surface area contributed by atoms with Crippen molar-refractivity contribution in [3.05, 3.63) is 0 Å². The summed E-state index contributed by atoms with van der Waals surface area (Å²) in [6, 6.07) is 0. The number of hydrogen-bond acceptors (Lipinski definition) is 5. The maximum Gasteiger partial charge on any atom is 0.509 e. The lowest BCUT2D eigenvalue weighted by Crippen LogP contribution is -2.35. The first-order valence-electron chi connectivity index (χ1n) is 3.98. The number of nitrogens with one attached hydrogen (secondary N) is 1. The van der Waals surface area contributed by atoms with E-state index in [1.54, 1.807) is 18.7 Å². The zero-order chi connectivity index (χ0) is 8.81. The zero-order valence-corrected chi connectivity index (χ0v) is 7.86. The average Bonchev–Trinajstić information content (AvgIpc) is 2.06. The van der Waals surface area contributed by atoms with Crippen LogP contribution < -0.4 is 5.32 Å². The molecule has 0 aromatic rings. The Morgan fingerprint density at radius 1 is 1.75 bits per heavy atom. The van der Waals surface area contributed by atoms with Crippen LogP contribution in [0.4, 0.5) is 4.79 Å². The third-order valence-electron chi connectivity index (χ3n) is 1.38. The highest BCUT2D eigenvalue weighted by Gasteiger charge is 2.17. The summed E-state index contributed by atoms with van der Waals surface area (Å²) in [5.41, 5.74) is -0.0854. The monoisotopic (exact) mass is 191 g/mol. The van der Waals surface area contributed by atoms with Crippen LogP contribution in [0.25, 0.3) is 0 Å². The van der Waals surface area contributed by atoms with E-state index in [9.17, 15) is 4.79 Å². The van der Waals surface area contributed by atoms with Gasteiger partial charge in [0.1, 0.15) is 0 Å². The van der Waals surface area contributed by atoms with Gasteiger partial charge in [-0.05, 0) is 6.92 Å². The first-order valence-corrected chi connectivity index (χ1v) is 5.03. The Morgan fingerprint density at radius 3 is 3.17 bits per heavy atom. The molecule has 0 saturated carbocycles. The van der Waals surface area contributed by atoms with Gasteiger partial charge in [0.25, 0.3) is 0 Å². The molecular formula is C7H13NO3S. The SMILES string of the molecule is CCOC(=O)OC1CNCCS1. The minimum Gasteiger partial charge on any atom is -0.435 e. The van der Waals surface area contributed by atoms with Crippen LogP contribution in [-0.4, -0.2) is 37.0 Å². The molecule has 1 heterocycles. The molecule has 0 amide bonds. The van der Waals surface area contributed by atoms with Crippen LogP contribution >= 0.6 is 11.8 Å². The quantitative estimate of drug-likeness (QED) is 0.655. The predicted molar refractivity (Wildman–Crippen MR) is 47.2 cm³/mol. The topological polar surface area (TPSA) is 47.6 Å². The fourth-order valence-corrected chi connectivity index (χ4v) is 1.78. The molecule has 1 N–H and O–H groups in total. The van der Waals surface area contributed by atoms with E-state index in [1.807, 2.05) is 0 Å². The molecule has 1 rings (SSSR count). The van der Waals surface area contributed by atoms with Crippen LogP contribution in [0, 0.1) is 0 Å². The molecule has 5 heteroatoms. The average molecular weight is 191 g/mol. The minimum absolute atomic E-state index is 0.0854. The Kier molecular flexibility index (Phi) is 4.24. The molecule has 1 aliphatic rings. The maximum atomic E-state index is 10.8. The second-order valence-electron chi connectivity index (χ2n) is 2.31. The van der Waals surface area contributed by atoms with Crippen molar-refractivity contribution in [2.75, 3.05) is 25.4 Å². The number of hydrogen-bond donors (Lipinski definition) is 1. The highest BCUT2D eigenvalue weighted by Crippen LogP contribution is 2.14. The summed E-state index contributed by atoms with van der Waals surface area (Å²) in [6.45, 7) is 3.81. The molecule has 1 unspecified atom stereocenters. The molecule has 4 nitrogen and oxygen atoms in total. The van der Waals surface area contributed by atoms with Gasteiger partial charge < -0.3 is 14.8 Å². The molecule has 0 radical (unpaired) electrons. The molecule has 0 spiro atoms. The van der Waals surface area contributed by atoms with E-state index in [1.165, 1.54) is 0 Å². The van der Waals surface area contributed by atoms with Crippen LogP contribution in [0.1, 0.15) is 6.92 Å². The second kappa shape index (κ2) is 5.27. The summed E-state index contributed by atoms with van der Waals surface area (Å²) in [5, 5.41) is 3.13. The van der Waals surface area contributed by atoms with Crippen LogP contribution in [0.5, 0.6) is 0 Å². The molecule has 1 atom stereocenters. The molecule has 0 aromatic carbocycles. The van der Waals surface area contributed by atoms with Gasteiger partial charge in [0.15, 0.2) is 5.44 Å². The highest BCUT2D eigenvalue weighted by atomic mass is 32.2.